The molecule has 1 saturated heterocycles. The first kappa shape index (κ1) is 8.85. The molecule has 0 aliphatic carbocycles. The molecule has 1 rings (SSSR count). The van der Waals surface area contributed by atoms with Crippen LogP contribution in [-0.4, -0.2) is 23.4 Å². The fourth-order valence-corrected chi connectivity index (χ4v) is 1.46. The molecule has 1 amide bonds. The van der Waals surface area contributed by atoms with Crippen molar-refractivity contribution in [2.45, 2.75) is 26.7 Å². The first-order chi connectivity index (χ1) is 5.01. The molecule has 11 heavy (non-hydrogen) atoms. The number of hydrogen-bond acceptors (Lipinski definition) is 1. The maximum atomic E-state index is 10.7. The van der Waals surface area contributed by atoms with Crippen molar-refractivity contribution in [2.75, 3.05) is 13.1 Å². The average Bonchev–Trinajstić information content (AvgIpc) is 1.86. The van der Waals surface area contributed by atoms with Crippen molar-refractivity contribution in [2.24, 2.45) is 5.41 Å². The van der Waals surface area contributed by atoms with Gasteiger partial charge in [0.1, 0.15) is 0 Å². The second-order valence-corrected chi connectivity index (χ2v) is 4.23. The first-order valence-corrected chi connectivity index (χ1v) is 4.33. The van der Waals surface area contributed by atoms with E-state index >= 15 is 0 Å². The summed E-state index contributed by atoms with van der Waals surface area (Å²) in [6, 6.07) is 0. The number of likely N-dealkylation sites (tertiary alicyclic amines) is 1. The predicted molar refractivity (Wildman–Crippen MR) is 45.8 cm³/mol. The maximum Gasteiger partial charge on any atom is 0.316 e. The Balaban J connectivity index is 2.42. The average molecular weight is 176 g/mol. The molecule has 0 spiro atoms. The lowest BCUT2D eigenvalue weighted by atomic mass is 9.83. The number of carbonyl (C=O) groups is 1. The van der Waals surface area contributed by atoms with Crippen molar-refractivity contribution in [3.05, 3.63) is 0 Å². The highest BCUT2D eigenvalue weighted by atomic mass is 35.5. The van der Waals surface area contributed by atoms with Crippen LogP contribution < -0.4 is 0 Å². The van der Waals surface area contributed by atoms with E-state index in [-0.39, 0.29) is 5.37 Å². The first-order valence-electron chi connectivity index (χ1n) is 3.96. The molecule has 1 aliphatic rings. The minimum atomic E-state index is -0.305. The third kappa shape index (κ3) is 2.37. The molecule has 0 aromatic heterocycles. The van der Waals surface area contributed by atoms with Gasteiger partial charge in [-0.1, -0.05) is 13.8 Å². The van der Waals surface area contributed by atoms with E-state index in [2.05, 4.69) is 13.8 Å². The minimum absolute atomic E-state index is 0.305. The molecule has 0 aromatic carbocycles. The van der Waals surface area contributed by atoms with Crippen molar-refractivity contribution in [1.29, 1.82) is 0 Å². The van der Waals surface area contributed by atoms with Crippen LogP contribution >= 0.6 is 11.6 Å². The fraction of sp³-hybridized carbons (Fsp3) is 0.875. The molecule has 0 N–H and O–H groups in total. The van der Waals surface area contributed by atoms with Gasteiger partial charge >= 0.3 is 5.37 Å². The summed E-state index contributed by atoms with van der Waals surface area (Å²) in [7, 11) is 0. The van der Waals surface area contributed by atoms with Crippen LogP contribution in [0.3, 0.4) is 0 Å². The lowest BCUT2D eigenvalue weighted by Gasteiger charge is -2.35. The van der Waals surface area contributed by atoms with Crippen LogP contribution in [0.4, 0.5) is 4.79 Å². The van der Waals surface area contributed by atoms with E-state index in [1.54, 1.807) is 4.90 Å². The van der Waals surface area contributed by atoms with E-state index < -0.39 is 0 Å². The Labute approximate surface area is 72.5 Å². The summed E-state index contributed by atoms with van der Waals surface area (Å²) < 4.78 is 0. The van der Waals surface area contributed by atoms with E-state index in [1.807, 2.05) is 0 Å². The summed E-state index contributed by atoms with van der Waals surface area (Å²) in [6.45, 7) is 6.08. The summed E-state index contributed by atoms with van der Waals surface area (Å²) >= 11 is 5.34. The van der Waals surface area contributed by atoms with E-state index in [1.165, 1.54) is 0 Å². The van der Waals surface area contributed by atoms with Gasteiger partial charge in [-0.15, -0.1) is 0 Å². The van der Waals surface area contributed by atoms with Crippen molar-refractivity contribution in [3.63, 3.8) is 0 Å². The molecule has 0 aromatic rings. The van der Waals surface area contributed by atoms with Crippen molar-refractivity contribution in [1.82, 2.24) is 4.90 Å². The Bertz CT molecular complexity index is 157. The number of piperidine rings is 1. The standard InChI is InChI=1S/C8H14ClNO/c1-8(2)3-5-10(6-4-8)7(9)11/h3-6H2,1-2H3. The second-order valence-electron chi connectivity index (χ2n) is 3.90. The number of amides is 1. The van der Waals surface area contributed by atoms with Gasteiger partial charge in [0.25, 0.3) is 0 Å². The largest absolute Gasteiger partial charge is 0.329 e. The highest BCUT2D eigenvalue weighted by Gasteiger charge is 2.26. The van der Waals surface area contributed by atoms with Crippen LogP contribution in [0.1, 0.15) is 26.7 Å². The molecular weight excluding hydrogens is 162 g/mol. The Kier molecular flexibility index (Phi) is 2.43. The van der Waals surface area contributed by atoms with Crippen molar-refractivity contribution in [3.8, 4) is 0 Å². The molecule has 0 bridgehead atoms. The summed E-state index contributed by atoms with van der Waals surface area (Å²) in [6.07, 6.45) is 2.12. The number of hydrogen-bond donors (Lipinski definition) is 0. The van der Waals surface area contributed by atoms with Crippen LogP contribution in [0.2, 0.25) is 0 Å². The summed E-state index contributed by atoms with van der Waals surface area (Å²) in [4.78, 5) is 12.4. The van der Waals surface area contributed by atoms with Crippen LogP contribution in [0.15, 0.2) is 0 Å². The zero-order valence-corrected chi connectivity index (χ0v) is 7.82. The van der Waals surface area contributed by atoms with Crippen LogP contribution in [-0.2, 0) is 0 Å². The van der Waals surface area contributed by atoms with Gasteiger partial charge < -0.3 is 4.90 Å². The Morgan fingerprint density at radius 3 is 2.18 bits per heavy atom. The zero-order valence-electron chi connectivity index (χ0n) is 7.06. The summed E-state index contributed by atoms with van der Waals surface area (Å²) in [5.74, 6) is 0. The third-order valence-corrected chi connectivity index (χ3v) is 2.60. The smallest absolute Gasteiger partial charge is 0.316 e. The molecule has 1 fully saturated rings. The Hall–Kier alpha value is -0.240. The normalized spacial score (nSPS) is 23.4. The molecule has 0 saturated carbocycles. The predicted octanol–water partition coefficient (Wildman–Crippen LogP) is 2.47. The van der Waals surface area contributed by atoms with Crippen LogP contribution in [0.25, 0.3) is 0 Å². The molecule has 3 heteroatoms. The number of carbonyl (C=O) groups excluding carboxylic acids is 1. The highest BCUT2D eigenvalue weighted by molar-refractivity contribution is 6.62. The molecule has 2 nitrogen and oxygen atoms in total. The fourth-order valence-electron chi connectivity index (χ4n) is 1.29. The van der Waals surface area contributed by atoms with Crippen molar-refractivity contribution < 1.29 is 4.79 Å². The molecule has 0 atom stereocenters. The topological polar surface area (TPSA) is 20.3 Å². The molecule has 1 aliphatic heterocycles. The van der Waals surface area contributed by atoms with Crippen LogP contribution in [0, 0.1) is 5.41 Å². The minimum Gasteiger partial charge on any atom is -0.329 e. The van der Waals surface area contributed by atoms with E-state index in [4.69, 9.17) is 11.6 Å². The molecule has 0 radical (unpaired) electrons. The molecular formula is C8H14ClNO. The Morgan fingerprint density at radius 1 is 1.36 bits per heavy atom. The van der Waals surface area contributed by atoms with Gasteiger partial charge in [-0.05, 0) is 29.9 Å². The van der Waals surface area contributed by atoms with E-state index in [0.29, 0.717) is 5.41 Å². The van der Waals surface area contributed by atoms with Gasteiger partial charge in [0, 0.05) is 13.1 Å². The molecule has 0 unspecified atom stereocenters. The van der Waals surface area contributed by atoms with Gasteiger partial charge in [0.2, 0.25) is 0 Å². The zero-order chi connectivity index (χ0) is 8.48. The summed E-state index contributed by atoms with van der Waals surface area (Å²) in [5.41, 5.74) is 0.392. The maximum absolute atomic E-state index is 10.7. The third-order valence-electron chi connectivity index (χ3n) is 2.37. The number of halogens is 1. The lowest BCUT2D eigenvalue weighted by Crippen LogP contribution is -2.38. The quantitative estimate of drug-likeness (QED) is 0.409. The molecule has 1 heterocycles. The monoisotopic (exact) mass is 175 g/mol. The second kappa shape index (κ2) is 3.02. The SMILES string of the molecule is CC1(C)CCN(C(=O)Cl)CC1. The van der Waals surface area contributed by atoms with Gasteiger partial charge in [-0.2, -0.15) is 0 Å². The number of nitrogens with zero attached hydrogens (tertiary/aromatic N) is 1. The van der Waals surface area contributed by atoms with E-state index in [0.717, 1.165) is 25.9 Å². The van der Waals surface area contributed by atoms with Crippen LogP contribution in [0.5, 0.6) is 0 Å². The van der Waals surface area contributed by atoms with Gasteiger partial charge in [0.15, 0.2) is 0 Å². The van der Waals surface area contributed by atoms with Gasteiger partial charge in [-0.3, -0.25) is 4.79 Å². The highest BCUT2D eigenvalue weighted by Crippen LogP contribution is 2.29. The lowest BCUT2D eigenvalue weighted by molar-refractivity contribution is 0.155. The number of rotatable bonds is 0. The Morgan fingerprint density at radius 2 is 1.82 bits per heavy atom. The van der Waals surface area contributed by atoms with E-state index in [9.17, 15) is 4.79 Å². The summed E-state index contributed by atoms with van der Waals surface area (Å²) in [5, 5.41) is -0.305. The molecule has 64 valence electrons. The van der Waals surface area contributed by atoms with Crippen molar-refractivity contribution >= 4 is 17.0 Å². The van der Waals surface area contributed by atoms with Gasteiger partial charge in [-0.25, -0.2) is 0 Å². The van der Waals surface area contributed by atoms with Gasteiger partial charge in [0.05, 0.1) is 0 Å².